The number of Topliss-reactive ketones (excluding diaryl/α,β-unsaturated/α-hetero) is 1. The van der Waals surface area contributed by atoms with Crippen molar-refractivity contribution >= 4 is 17.7 Å². The van der Waals surface area contributed by atoms with Crippen molar-refractivity contribution in [1.82, 2.24) is 0 Å². The Morgan fingerprint density at radius 1 is 1.15 bits per heavy atom. The van der Waals surface area contributed by atoms with Crippen molar-refractivity contribution < 1.29 is 23.9 Å². The molecule has 3 aliphatic rings. The van der Waals surface area contributed by atoms with E-state index in [1.54, 1.807) is 0 Å². The van der Waals surface area contributed by atoms with Gasteiger partial charge in [-0.15, -0.1) is 0 Å². The maximum Gasteiger partial charge on any atom is 0.351 e. The van der Waals surface area contributed by atoms with Gasteiger partial charge >= 0.3 is 11.9 Å². The van der Waals surface area contributed by atoms with Crippen LogP contribution >= 0.6 is 0 Å². The third-order valence-electron chi connectivity index (χ3n) is 7.83. The maximum absolute atomic E-state index is 13.1. The average molecular weight is 364 g/mol. The zero-order valence-corrected chi connectivity index (χ0v) is 16.8. The van der Waals surface area contributed by atoms with E-state index in [1.165, 1.54) is 0 Å². The highest BCUT2D eigenvalue weighted by molar-refractivity contribution is 5.96. The van der Waals surface area contributed by atoms with E-state index in [0.29, 0.717) is 19.3 Å². The quantitative estimate of drug-likeness (QED) is 0.690. The molecule has 2 saturated carbocycles. The van der Waals surface area contributed by atoms with Crippen LogP contribution < -0.4 is 0 Å². The van der Waals surface area contributed by atoms with Crippen LogP contribution in [0.2, 0.25) is 0 Å². The van der Waals surface area contributed by atoms with Crippen molar-refractivity contribution in [2.45, 2.75) is 97.7 Å². The van der Waals surface area contributed by atoms with Gasteiger partial charge in [0.15, 0.2) is 11.9 Å². The Hall–Kier alpha value is -1.39. The van der Waals surface area contributed by atoms with Crippen LogP contribution in [-0.2, 0) is 23.9 Å². The van der Waals surface area contributed by atoms with Gasteiger partial charge in [-0.3, -0.25) is 9.59 Å². The summed E-state index contributed by atoms with van der Waals surface area (Å²) in [5.41, 5.74) is -2.98. The lowest BCUT2D eigenvalue weighted by atomic mass is 9.66. The first-order valence-electron chi connectivity index (χ1n) is 10.0. The minimum Gasteiger partial charge on any atom is -0.451 e. The molecular formula is C21H32O5. The number of hydrogen-bond acceptors (Lipinski definition) is 5. The van der Waals surface area contributed by atoms with Crippen molar-refractivity contribution in [2.24, 2.45) is 16.2 Å². The number of fused-ring (bicyclic) bond motifs is 2. The molecule has 1 aliphatic heterocycles. The average Bonchev–Trinajstić information content (AvgIpc) is 2.88. The molecule has 3 rings (SSSR count). The summed E-state index contributed by atoms with van der Waals surface area (Å²) in [6, 6.07) is 0. The highest BCUT2D eigenvalue weighted by atomic mass is 16.6. The van der Waals surface area contributed by atoms with E-state index in [9.17, 15) is 14.4 Å². The van der Waals surface area contributed by atoms with Crippen LogP contribution in [0.1, 0.15) is 86.0 Å². The number of esters is 2. The minimum absolute atomic E-state index is 0.0323. The van der Waals surface area contributed by atoms with Gasteiger partial charge in [-0.05, 0) is 45.4 Å². The molecule has 0 aromatic rings. The third kappa shape index (κ3) is 2.38. The van der Waals surface area contributed by atoms with E-state index in [1.807, 2.05) is 27.7 Å². The summed E-state index contributed by atoms with van der Waals surface area (Å²) in [5.74, 6) is -0.826. The lowest BCUT2D eigenvalue weighted by Crippen LogP contribution is -2.52. The Kier molecular flexibility index (Phi) is 4.52. The minimum atomic E-state index is -1.25. The third-order valence-corrected chi connectivity index (χ3v) is 7.83. The van der Waals surface area contributed by atoms with Crippen molar-refractivity contribution in [3.8, 4) is 0 Å². The van der Waals surface area contributed by atoms with Crippen LogP contribution in [0.15, 0.2) is 0 Å². The van der Waals surface area contributed by atoms with Crippen LogP contribution in [-0.4, -0.2) is 29.4 Å². The van der Waals surface area contributed by atoms with Crippen molar-refractivity contribution in [3.63, 3.8) is 0 Å². The van der Waals surface area contributed by atoms with Crippen LogP contribution in [0.5, 0.6) is 0 Å². The summed E-state index contributed by atoms with van der Waals surface area (Å²) < 4.78 is 11.3. The predicted molar refractivity (Wildman–Crippen MR) is 96.3 cm³/mol. The van der Waals surface area contributed by atoms with Crippen LogP contribution in [0, 0.1) is 16.2 Å². The monoisotopic (exact) mass is 364 g/mol. The largest absolute Gasteiger partial charge is 0.451 e. The maximum atomic E-state index is 13.1. The molecule has 5 heteroatoms. The van der Waals surface area contributed by atoms with E-state index in [4.69, 9.17) is 9.47 Å². The molecule has 3 fully saturated rings. The van der Waals surface area contributed by atoms with Gasteiger partial charge in [0.1, 0.15) is 0 Å². The lowest BCUT2D eigenvalue weighted by molar-refractivity contribution is -0.190. The van der Waals surface area contributed by atoms with Crippen molar-refractivity contribution in [2.75, 3.05) is 0 Å². The van der Waals surface area contributed by atoms with Crippen LogP contribution in [0.25, 0.3) is 0 Å². The molecule has 0 radical (unpaired) electrons. The predicted octanol–water partition coefficient (Wildman–Crippen LogP) is 3.97. The Labute approximate surface area is 156 Å². The molecule has 0 aromatic heterocycles. The Balaban J connectivity index is 1.78. The second-order valence-corrected chi connectivity index (χ2v) is 9.49. The highest BCUT2D eigenvalue weighted by Crippen LogP contribution is 2.66. The SMILES string of the molecule is CCCC[C@@]1(C)CCC[C@@H](OC(=O)C23CCC(C)(C(=O)O2)C3(C)C)C1=O. The number of carbonyl (C=O) groups is 3. The second kappa shape index (κ2) is 6.07. The highest BCUT2D eigenvalue weighted by Gasteiger charge is 2.76. The van der Waals surface area contributed by atoms with E-state index in [0.717, 1.165) is 32.1 Å². The first-order chi connectivity index (χ1) is 12.0. The zero-order valence-electron chi connectivity index (χ0n) is 16.8. The van der Waals surface area contributed by atoms with Gasteiger partial charge in [-0.1, -0.05) is 40.5 Å². The zero-order chi connectivity index (χ0) is 19.4. The number of ether oxygens (including phenoxy) is 2. The van der Waals surface area contributed by atoms with E-state index < -0.39 is 33.9 Å². The van der Waals surface area contributed by atoms with Gasteiger partial charge in [0.05, 0.1) is 5.41 Å². The molecule has 26 heavy (non-hydrogen) atoms. The normalized spacial score (nSPS) is 41.2. The first-order valence-corrected chi connectivity index (χ1v) is 10.0. The summed E-state index contributed by atoms with van der Waals surface area (Å²) in [7, 11) is 0. The molecule has 146 valence electrons. The summed E-state index contributed by atoms with van der Waals surface area (Å²) in [4.78, 5) is 38.5. The standard InChI is InChI=1S/C21H32O5/c1-6-7-10-19(4)11-8-9-14(15(19)22)25-17(24)21-13-12-20(5,16(23)26-21)18(21,2)3/h14H,6-13H2,1-5H3/t14-,19+,20?,21?/m1/s1. The topological polar surface area (TPSA) is 69.7 Å². The Morgan fingerprint density at radius 2 is 1.85 bits per heavy atom. The number of carbonyl (C=O) groups excluding carboxylic acids is 3. The molecular weight excluding hydrogens is 332 g/mol. The van der Waals surface area contributed by atoms with Gasteiger partial charge in [-0.2, -0.15) is 0 Å². The van der Waals surface area contributed by atoms with Gasteiger partial charge in [0.2, 0.25) is 5.60 Å². The van der Waals surface area contributed by atoms with Gasteiger partial charge in [0.25, 0.3) is 0 Å². The number of rotatable bonds is 5. The summed E-state index contributed by atoms with van der Waals surface area (Å²) in [6.07, 6.45) is 5.52. The molecule has 5 nitrogen and oxygen atoms in total. The molecule has 0 amide bonds. The van der Waals surface area contributed by atoms with Crippen molar-refractivity contribution in [3.05, 3.63) is 0 Å². The summed E-state index contributed by atoms with van der Waals surface area (Å²) in [5, 5.41) is 0. The summed E-state index contributed by atoms with van der Waals surface area (Å²) in [6.45, 7) is 9.78. The second-order valence-electron chi connectivity index (χ2n) is 9.49. The smallest absolute Gasteiger partial charge is 0.351 e. The van der Waals surface area contributed by atoms with E-state index in [-0.39, 0.29) is 11.8 Å². The van der Waals surface area contributed by atoms with Crippen LogP contribution in [0.3, 0.4) is 0 Å². The fourth-order valence-electron chi connectivity index (χ4n) is 5.17. The van der Waals surface area contributed by atoms with E-state index >= 15 is 0 Å². The molecule has 1 heterocycles. The number of ketones is 1. The molecule has 2 unspecified atom stereocenters. The first kappa shape index (κ1) is 19.4. The van der Waals surface area contributed by atoms with Gasteiger partial charge in [-0.25, -0.2) is 4.79 Å². The Morgan fingerprint density at radius 3 is 2.38 bits per heavy atom. The molecule has 4 atom stereocenters. The molecule has 1 saturated heterocycles. The van der Waals surface area contributed by atoms with Gasteiger partial charge in [0, 0.05) is 10.8 Å². The molecule has 0 spiro atoms. The molecule has 0 N–H and O–H groups in total. The molecule has 2 bridgehead atoms. The van der Waals surface area contributed by atoms with Crippen molar-refractivity contribution in [1.29, 1.82) is 0 Å². The molecule has 2 aliphatic carbocycles. The molecule has 0 aromatic carbocycles. The van der Waals surface area contributed by atoms with E-state index in [2.05, 4.69) is 6.92 Å². The summed E-state index contributed by atoms with van der Waals surface area (Å²) >= 11 is 0. The van der Waals surface area contributed by atoms with Gasteiger partial charge < -0.3 is 9.47 Å². The fourth-order valence-corrected chi connectivity index (χ4v) is 5.17. The Bertz CT molecular complexity index is 638. The lowest BCUT2D eigenvalue weighted by Gasteiger charge is -2.39. The number of unbranched alkanes of at least 4 members (excludes halogenated alkanes) is 1. The van der Waals surface area contributed by atoms with Crippen LogP contribution in [0.4, 0.5) is 0 Å². The fraction of sp³-hybridized carbons (Fsp3) is 0.857. The number of hydrogen-bond donors (Lipinski definition) is 0.